The van der Waals surface area contributed by atoms with Gasteiger partial charge in [-0.3, -0.25) is 4.79 Å². The van der Waals surface area contributed by atoms with E-state index in [1.165, 1.54) is 0 Å². The predicted octanol–water partition coefficient (Wildman–Crippen LogP) is 3.26. The second kappa shape index (κ2) is 6.79. The first-order chi connectivity index (χ1) is 10.5. The van der Waals surface area contributed by atoms with Gasteiger partial charge in [-0.1, -0.05) is 6.92 Å². The first kappa shape index (κ1) is 16.3. The maximum atomic E-state index is 12.7. The number of nitrogens with zero attached hydrogens (tertiary/aromatic N) is 1. The van der Waals surface area contributed by atoms with E-state index in [9.17, 15) is 4.79 Å². The van der Waals surface area contributed by atoms with Crippen LogP contribution in [0.5, 0.6) is 5.75 Å². The lowest BCUT2D eigenvalue weighted by Crippen LogP contribution is -2.28. The minimum atomic E-state index is -0.262. The third-order valence-corrected chi connectivity index (χ3v) is 3.83. The van der Waals surface area contributed by atoms with Crippen LogP contribution >= 0.6 is 0 Å². The number of nitrogens with two attached hydrogens (primary N) is 1. The van der Waals surface area contributed by atoms with E-state index < -0.39 is 0 Å². The maximum Gasteiger partial charge on any atom is 0.255 e. The molecule has 4 heteroatoms. The lowest BCUT2D eigenvalue weighted by Gasteiger charge is -2.16. The van der Waals surface area contributed by atoms with Crippen LogP contribution in [0.25, 0.3) is 11.3 Å². The molecule has 1 unspecified atom stereocenters. The van der Waals surface area contributed by atoms with Gasteiger partial charge in [0.25, 0.3) is 5.56 Å². The molecule has 2 rings (SSSR count). The van der Waals surface area contributed by atoms with Gasteiger partial charge in [-0.05, 0) is 61.7 Å². The molecule has 0 aliphatic carbocycles. The standard InChI is InChI=1S/C18H24N2O2/c1-5-10-20-16(8-7-15(13(3)19)18(20)21)14-6-9-17(22-4)12(2)11-14/h6-9,11,13H,5,10,19H2,1-4H3. The molecule has 1 atom stereocenters. The van der Waals surface area contributed by atoms with Crippen molar-refractivity contribution in [1.82, 2.24) is 4.57 Å². The summed E-state index contributed by atoms with van der Waals surface area (Å²) in [6.07, 6.45) is 0.893. The van der Waals surface area contributed by atoms with Gasteiger partial charge in [0.05, 0.1) is 12.8 Å². The minimum absolute atomic E-state index is 0.00261. The molecule has 0 amide bonds. The summed E-state index contributed by atoms with van der Waals surface area (Å²) in [5.74, 6) is 0.848. The Morgan fingerprint density at radius 3 is 2.55 bits per heavy atom. The van der Waals surface area contributed by atoms with Crippen molar-refractivity contribution in [2.75, 3.05) is 7.11 Å². The lowest BCUT2D eigenvalue weighted by atomic mass is 10.0. The summed E-state index contributed by atoms with van der Waals surface area (Å²) >= 11 is 0. The Balaban J connectivity index is 2.62. The Labute approximate surface area is 131 Å². The van der Waals surface area contributed by atoms with Gasteiger partial charge in [-0.25, -0.2) is 0 Å². The normalized spacial score (nSPS) is 12.2. The number of benzene rings is 1. The van der Waals surface area contributed by atoms with Gasteiger partial charge in [-0.15, -0.1) is 0 Å². The largest absolute Gasteiger partial charge is 0.496 e. The van der Waals surface area contributed by atoms with Crippen LogP contribution in [-0.2, 0) is 6.54 Å². The van der Waals surface area contributed by atoms with Crippen molar-refractivity contribution in [3.63, 3.8) is 0 Å². The van der Waals surface area contributed by atoms with E-state index in [-0.39, 0.29) is 11.6 Å². The van der Waals surface area contributed by atoms with Crippen molar-refractivity contribution in [2.45, 2.75) is 39.8 Å². The molecule has 0 aliphatic heterocycles. The van der Waals surface area contributed by atoms with Crippen LogP contribution in [-0.4, -0.2) is 11.7 Å². The first-order valence-corrected chi connectivity index (χ1v) is 7.64. The number of aryl methyl sites for hydroxylation is 1. The average molecular weight is 300 g/mol. The zero-order valence-electron chi connectivity index (χ0n) is 13.7. The van der Waals surface area contributed by atoms with Crippen molar-refractivity contribution >= 4 is 0 Å². The molecule has 118 valence electrons. The summed E-state index contributed by atoms with van der Waals surface area (Å²) in [6.45, 7) is 6.58. The van der Waals surface area contributed by atoms with Crippen molar-refractivity contribution in [2.24, 2.45) is 5.73 Å². The van der Waals surface area contributed by atoms with Gasteiger partial charge < -0.3 is 15.0 Å². The van der Waals surface area contributed by atoms with E-state index in [0.29, 0.717) is 12.1 Å². The third kappa shape index (κ3) is 3.07. The Bertz CT molecular complexity index is 718. The molecule has 0 saturated heterocycles. The fourth-order valence-corrected chi connectivity index (χ4v) is 2.68. The van der Waals surface area contributed by atoms with Crippen molar-refractivity contribution < 1.29 is 4.74 Å². The number of hydrogen-bond acceptors (Lipinski definition) is 3. The molecular formula is C18H24N2O2. The van der Waals surface area contributed by atoms with E-state index in [4.69, 9.17) is 10.5 Å². The number of ether oxygens (including phenoxy) is 1. The van der Waals surface area contributed by atoms with E-state index >= 15 is 0 Å². The number of rotatable bonds is 5. The molecule has 0 fully saturated rings. The maximum absolute atomic E-state index is 12.7. The van der Waals surface area contributed by atoms with Gasteiger partial charge in [0.15, 0.2) is 0 Å². The highest BCUT2D eigenvalue weighted by molar-refractivity contribution is 5.63. The molecule has 2 N–H and O–H groups in total. The van der Waals surface area contributed by atoms with Gasteiger partial charge in [0.2, 0.25) is 0 Å². The number of pyridine rings is 1. The summed E-state index contributed by atoms with van der Waals surface area (Å²) in [5, 5.41) is 0. The zero-order valence-corrected chi connectivity index (χ0v) is 13.7. The van der Waals surface area contributed by atoms with Crippen LogP contribution < -0.4 is 16.0 Å². The third-order valence-electron chi connectivity index (χ3n) is 3.83. The SMILES string of the molecule is CCCn1c(-c2ccc(OC)c(C)c2)ccc(C(C)N)c1=O. The summed E-state index contributed by atoms with van der Waals surface area (Å²) < 4.78 is 7.12. The highest BCUT2D eigenvalue weighted by Gasteiger charge is 2.13. The van der Waals surface area contributed by atoms with E-state index in [0.717, 1.165) is 29.0 Å². The zero-order chi connectivity index (χ0) is 16.3. The molecule has 0 aliphatic rings. The summed E-state index contributed by atoms with van der Waals surface area (Å²) in [7, 11) is 1.66. The molecule has 1 aromatic carbocycles. The summed E-state index contributed by atoms with van der Waals surface area (Å²) in [4.78, 5) is 12.7. The molecule has 1 heterocycles. The summed E-state index contributed by atoms with van der Waals surface area (Å²) in [6, 6.07) is 9.53. The topological polar surface area (TPSA) is 57.2 Å². The number of aromatic nitrogens is 1. The Morgan fingerprint density at radius 1 is 1.27 bits per heavy atom. The molecule has 22 heavy (non-hydrogen) atoms. The Morgan fingerprint density at radius 2 is 2.00 bits per heavy atom. The smallest absolute Gasteiger partial charge is 0.255 e. The molecule has 2 aromatic rings. The minimum Gasteiger partial charge on any atom is -0.496 e. The number of methoxy groups -OCH3 is 1. The van der Waals surface area contributed by atoms with Crippen molar-refractivity contribution in [3.8, 4) is 17.0 Å². The van der Waals surface area contributed by atoms with E-state index in [1.807, 2.05) is 48.7 Å². The van der Waals surface area contributed by atoms with Crippen molar-refractivity contribution in [1.29, 1.82) is 0 Å². The van der Waals surface area contributed by atoms with Crippen LogP contribution in [0.3, 0.4) is 0 Å². The summed E-state index contributed by atoms with van der Waals surface area (Å²) in [5.41, 5.74) is 9.54. The van der Waals surface area contributed by atoms with Gasteiger partial charge in [0, 0.05) is 18.2 Å². The second-order valence-corrected chi connectivity index (χ2v) is 5.60. The van der Waals surface area contributed by atoms with Crippen LogP contribution in [0.2, 0.25) is 0 Å². The quantitative estimate of drug-likeness (QED) is 0.922. The molecule has 0 radical (unpaired) electrons. The van der Waals surface area contributed by atoms with Crippen LogP contribution in [0.15, 0.2) is 35.1 Å². The van der Waals surface area contributed by atoms with E-state index in [2.05, 4.69) is 6.92 Å². The van der Waals surface area contributed by atoms with Crippen LogP contribution in [0.1, 0.15) is 37.4 Å². The average Bonchev–Trinajstić information content (AvgIpc) is 2.49. The molecule has 0 bridgehead atoms. The fraction of sp³-hybridized carbons (Fsp3) is 0.389. The van der Waals surface area contributed by atoms with Crippen LogP contribution in [0, 0.1) is 6.92 Å². The molecule has 0 saturated carbocycles. The molecular weight excluding hydrogens is 276 g/mol. The highest BCUT2D eigenvalue weighted by atomic mass is 16.5. The van der Waals surface area contributed by atoms with Crippen molar-refractivity contribution in [3.05, 3.63) is 51.8 Å². The van der Waals surface area contributed by atoms with Crippen LogP contribution in [0.4, 0.5) is 0 Å². The highest BCUT2D eigenvalue weighted by Crippen LogP contribution is 2.26. The Kier molecular flexibility index (Phi) is 5.03. The second-order valence-electron chi connectivity index (χ2n) is 5.60. The fourth-order valence-electron chi connectivity index (χ4n) is 2.68. The molecule has 4 nitrogen and oxygen atoms in total. The lowest BCUT2D eigenvalue weighted by molar-refractivity contribution is 0.412. The number of hydrogen-bond donors (Lipinski definition) is 1. The van der Waals surface area contributed by atoms with Gasteiger partial charge in [-0.2, -0.15) is 0 Å². The van der Waals surface area contributed by atoms with E-state index in [1.54, 1.807) is 7.11 Å². The molecule has 1 aromatic heterocycles. The van der Waals surface area contributed by atoms with Gasteiger partial charge >= 0.3 is 0 Å². The predicted molar refractivity (Wildman–Crippen MR) is 90.3 cm³/mol. The van der Waals surface area contributed by atoms with Gasteiger partial charge in [0.1, 0.15) is 5.75 Å². The first-order valence-electron chi connectivity index (χ1n) is 7.64. The molecule has 0 spiro atoms. The Hall–Kier alpha value is -2.07. The monoisotopic (exact) mass is 300 g/mol.